The zero-order valence-corrected chi connectivity index (χ0v) is 8.97. The van der Waals surface area contributed by atoms with Crippen molar-refractivity contribution in [2.45, 2.75) is 52.9 Å². The summed E-state index contributed by atoms with van der Waals surface area (Å²) < 4.78 is 0. The Kier molecular flexibility index (Phi) is 7.23. The molecule has 0 rings (SSSR count). The SMILES string of the molecule is C=CC(CCCC)C(CC)CC. The first kappa shape index (κ1) is 11.7. The van der Waals surface area contributed by atoms with Gasteiger partial charge in [0.1, 0.15) is 0 Å². The average Bonchev–Trinajstić information content (AvgIpc) is 2.12. The van der Waals surface area contributed by atoms with Gasteiger partial charge in [-0.1, -0.05) is 52.5 Å². The van der Waals surface area contributed by atoms with E-state index >= 15 is 0 Å². The fourth-order valence-electron chi connectivity index (χ4n) is 1.88. The summed E-state index contributed by atoms with van der Waals surface area (Å²) in [5.74, 6) is 1.63. The molecule has 0 saturated carbocycles. The molecule has 0 aliphatic rings. The summed E-state index contributed by atoms with van der Waals surface area (Å²) in [5.41, 5.74) is 0. The maximum absolute atomic E-state index is 3.93. The van der Waals surface area contributed by atoms with E-state index in [0.717, 1.165) is 11.8 Å². The van der Waals surface area contributed by atoms with Gasteiger partial charge in [-0.3, -0.25) is 0 Å². The molecule has 72 valence electrons. The molecule has 0 amide bonds. The average molecular weight is 168 g/mol. The summed E-state index contributed by atoms with van der Waals surface area (Å²) in [7, 11) is 0. The molecule has 1 atom stereocenters. The monoisotopic (exact) mass is 168 g/mol. The van der Waals surface area contributed by atoms with Crippen LogP contribution in [0.1, 0.15) is 52.9 Å². The van der Waals surface area contributed by atoms with Gasteiger partial charge in [0.15, 0.2) is 0 Å². The highest BCUT2D eigenvalue weighted by Crippen LogP contribution is 2.25. The van der Waals surface area contributed by atoms with Gasteiger partial charge in [0.2, 0.25) is 0 Å². The van der Waals surface area contributed by atoms with Gasteiger partial charge in [0, 0.05) is 0 Å². The van der Waals surface area contributed by atoms with Gasteiger partial charge in [-0.2, -0.15) is 0 Å². The third-order valence-electron chi connectivity index (χ3n) is 2.85. The molecule has 0 bridgehead atoms. The Hall–Kier alpha value is -0.260. The van der Waals surface area contributed by atoms with Gasteiger partial charge < -0.3 is 0 Å². The first-order chi connectivity index (χ1) is 5.79. The third kappa shape index (κ3) is 3.94. The second kappa shape index (κ2) is 7.39. The lowest BCUT2D eigenvalue weighted by Crippen LogP contribution is -2.10. The first-order valence-electron chi connectivity index (χ1n) is 5.42. The van der Waals surface area contributed by atoms with E-state index in [1.807, 2.05) is 0 Å². The van der Waals surface area contributed by atoms with Crippen LogP contribution in [0, 0.1) is 11.8 Å². The van der Waals surface area contributed by atoms with E-state index in [4.69, 9.17) is 0 Å². The van der Waals surface area contributed by atoms with Crippen molar-refractivity contribution in [1.29, 1.82) is 0 Å². The van der Waals surface area contributed by atoms with Crippen LogP contribution in [0.5, 0.6) is 0 Å². The highest BCUT2D eigenvalue weighted by molar-refractivity contribution is 4.83. The molecule has 12 heavy (non-hydrogen) atoms. The van der Waals surface area contributed by atoms with E-state index in [-0.39, 0.29) is 0 Å². The molecule has 0 nitrogen and oxygen atoms in total. The largest absolute Gasteiger partial charge is 0.103 e. The molecule has 0 fully saturated rings. The number of allylic oxidation sites excluding steroid dienone is 1. The molecule has 0 aromatic rings. The van der Waals surface area contributed by atoms with Crippen LogP contribution in [0.25, 0.3) is 0 Å². The van der Waals surface area contributed by atoms with Crippen molar-refractivity contribution >= 4 is 0 Å². The third-order valence-corrected chi connectivity index (χ3v) is 2.85. The van der Waals surface area contributed by atoms with Gasteiger partial charge in [0.25, 0.3) is 0 Å². The predicted molar refractivity (Wildman–Crippen MR) is 57.3 cm³/mol. The second-order valence-electron chi connectivity index (χ2n) is 3.62. The van der Waals surface area contributed by atoms with Crippen molar-refractivity contribution < 1.29 is 0 Å². The van der Waals surface area contributed by atoms with Gasteiger partial charge in [-0.15, -0.1) is 6.58 Å². The molecule has 0 heteroatoms. The van der Waals surface area contributed by atoms with Crippen LogP contribution >= 0.6 is 0 Å². The fourth-order valence-corrected chi connectivity index (χ4v) is 1.88. The minimum absolute atomic E-state index is 0.764. The highest BCUT2D eigenvalue weighted by atomic mass is 14.2. The number of hydrogen-bond donors (Lipinski definition) is 0. The van der Waals surface area contributed by atoms with Crippen LogP contribution in [0.3, 0.4) is 0 Å². The molecule has 0 radical (unpaired) electrons. The van der Waals surface area contributed by atoms with Crippen LogP contribution in [0.15, 0.2) is 12.7 Å². The van der Waals surface area contributed by atoms with E-state index < -0.39 is 0 Å². The van der Waals surface area contributed by atoms with Crippen molar-refractivity contribution in [3.05, 3.63) is 12.7 Å². The lowest BCUT2D eigenvalue weighted by Gasteiger charge is -2.21. The van der Waals surface area contributed by atoms with E-state index in [9.17, 15) is 0 Å². The highest BCUT2D eigenvalue weighted by Gasteiger charge is 2.13. The molecule has 0 aliphatic heterocycles. The summed E-state index contributed by atoms with van der Waals surface area (Å²) in [5, 5.41) is 0. The van der Waals surface area contributed by atoms with Crippen molar-refractivity contribution in [2.75, 3.05) is 0 Å². The quantitative estimate of drug-likeness (QED) is 0.494. The van der Waals surface area contributed by atoms with E-state index in [0.29, 0.717) is 0 Å². The number of unbranched alkanes of at least 4 members (excludes halogenated alkanes) is 1. The van der Waals surface area contributed by atoms with E-state index in [1.165, 1.54) is 32.1 Å². The molecular weight excluding hydrogens is 144 g/mol. The Morgan fingerprint density at radius 3 is 2.08 bits per heavy atom. The fraction of sp³-hybridized carbons (Fsp3) is 0.833. The minimum Gasteiger partial charge on any atom is -0.103 e. The van der Waals surface area contributed by atoms with Gasteiger partial charge >= 0.3 is 0 Å². The predicted octanol–water partition coefficient (Wildman–Crippen LogP) is 4.42. The Balaban J connectivity index is 3.84. The van der Waals surface area contributed by atoms with Crippen LogP contribution < -0.4 is 0 Å². The molecule has 0 aromatic heterocycles. The van der Waals surface area contributed by atoms with Crippen molar-refractivity contribution in [1.82, 2.24) is 0 Å². The van der Waals surface area contributed by atoms with Crippen LogP contribution in [0.4, 0.5) is 0 Å². The summed E-state index contributed by atoms with van der Waals surface area (Å²) in [6.45, 7) is 10.8. The van der Waals surface area contributed by atoms with Crippen LogP contribution in [0.2, 0.25) is 0 Å². The van der Waals surface area contributed by atoms with Gasteiger partial charge in [-0.05, 0) is 18.3 Å². The zero-order chi connectivity index (χ0) is 9.40. The Morgan fingerprint density at radius 1 is 1.17 bits per heavy atom. The first-order valence-corrected chi connectivity index (χ1v) is 5.42. The van der Waals surface area contributed by atoms with Crippen molar-refractivity contribution in [3.8, 4) is 0 Å². The Bertz CT molecular complexity index is 101. The standard InChI is InChI=1S/C12H24/c1-5-9-10-12(8-4)11(6-2)7-3/h8,11-12H,4-7,9-10H2,1-3H3. The minimum atomic E-state index is 0.764. The molecule has 1 unspecified atom stereocenters. The Morgan fingerprint density at radius 2 is 1.75 bits per heavy atom. The number of rotatable bonds is 7. The molecular formula is C12H24. The summed E-state index contributed by atoms with van der Waals surface area (Å²) in [4.78, 5) is 0. The second-order valence-corrected chi connectivity index (χ2v) is 3.62. The number of hydrogen-bond acceptors (Lipinski definition) is 0. The van der Waals surface area contributed by atoms with E-state index in [1.54, 1.807) is 0 Å². The molecule has 0 aromatic carbocycles. The maximum Gasteiger partial charge on any atom is -0.0208 e. The van der Waals surface area contributed by atoms with E-state index in [2.05, 4.69) is 33.4 Å². The maximum atomic E-state index is 3.93. The normalized spacial score (nSPS) is 13.3. The van der Waals surface area contributed by atoms with Crippen LogP contribution in [-0.2, 0) is 0 Å². The van der Waals surface area contributed by atoms with Gasteiger partial charge in [0.05, 0.1) is 0 Å². The smallest absolute Gasteiger partial charge is 0.0208 e. The van der Waals surface area contributed by atoms with Crippen LogP contribution in [-0.4, -0.2) is 0 Å². The summed E-state index contributed by atoms with van der Waals surface area (Å²) in [6.07, 6.45) is 8.77. The topological polar surface area (TPSA) is 0 Å². The van der Waals surface area contributed by atoms with Crippen molar-refractivity contribution in [2.24, 2.45) is 11.8 Å². The molecule has 0 N–H and O–H groups in total. The molecule has 0 heterocycles. The Labute approximate surface area is 78.1 Å². The molecule has 0 aliphatic carbocycles. The lowest BCUT2D eigenvalue weighted by molar-refractivity contribution is 0.345. The molecule has 0 saturated heterocycles. The summed E-state index contributed by atoms with van der Waals surface area (Å²) >= 11 is 0. The summed E-state index contributed by atoms with van der Waals surface area (Å²) in [6, 6.07) is 0. The lowest BCUT2D eigenvalue weighted by atomic mass is 9.84. The van der Waals surface area contributed by atoms with Gasteiger partial charge in [-0.25, -0.2) is 0 Å². The molecule has 0 spiro atoms. The zero-order valence-electron chi connectivity index (χ0n) is 8.97. The van der Waals surface area contributed by atoms with Crippen molar-refractivity contribution in [3.63, 3.8) is 0 Å².